The molecule has 5 nitrogen and oxygen atoms in total. The van der Waals surface area contributed by atoms with E-state index in [4.69, 9.17) is 0 Å². The molecule has 2 N–H and O–H groups in total. The van der Waals surface area contributed by atoms with Gasteiger partial charge in [-0.15, -0.1) is 0 Å². The van der Waals surface area contributed by atoms with Gasteiger partial charge in [0, 0.05) is 13.1 Å². The summed E-state index contributed by atoms with van der Waals surface area (Å²) in [6.07, 6.45) is 2.24. The van der Waals surface area contributed by atoms with Gasteiger partial charge >= 0.3 is 0 Å². The minimum absolute atomic E-state index is 0.0706. The highest BCUT2D eigenvalue weighted by Gasteiger charge is 2.22. The number of aryl methyl sites for hydroxylation is 1. The Kier molecular flexibility index (Phi) is 3.21. The molecule has 1 amide bonds. The molecular formula is C14H18N4O. The van der Waals surface area contributed by atoms with Crippen molar-refractivity contribution in [1.29, 1.82) is 0 Å². The minimum atomic E-state index is 0.0706. The molecular weight excluding hydrogens is 240 g/mol. The first kappa shape index (κ1) is 12.2. The smallest absolute Gasteiger partial charge is 0.234 e. The SMILES string of the molecule is Cn1c(CNCC(=O)NC2CC2)nc2ccccc21. The molecule has 0 saturated heterocycles. The summed E-state index contributed by atoms with van der Waals surface area (Å²) in [6, 6.07) is 8.45. The number of fused-ring (bicyclic) bond motifs is 1. The topological polar surface area (TPSA) is 59.0 Å². The fraction of sp³-hybridized carbons (Fsp3) is 0.429. The van der Waals surface area contributed by atoms with Crippen LogP contribution in [0.15, 0.2) is 24.3 Å². The second-order valence-electron chi connectivity index (χ2n) is 5.02. The molecule has 1 aromatic carbocycles. The van der Waals surface area contributed by atoms with Gasteiger partial charge in [-0.25, -0.2) is 4.98 Å². The monoisotopic (exact) mass is 258 g/mol. The highest BCUT2D eigenvalue weighted by Crippen LogP contribution is 2.18. The maximum Gasteiger partial charge on any atom is 0.234 e. The molecule has 0 spiro atoms. The van der Waals surface area contributed by atoms with Crippen molar-refractivity contribution in [2.24, 2.45) is 7.05 Å². The molecule has 1 saturated carbocycles. The number of aromatic nitrogens is 2. The summed E-state index contributed by atoms with van der Waals surface area (Å²) in [6.45, 7) is 0.947. The zero-order valence-corrected chi connectivity index (χ0v) is 11.0. The van der Waals surface area contributed by atoms with Crippen LogP contribution in [0.5, 0.6) is 0 Å². The van der Waals surface area contributed by atoms with E-state index in [1.165, 1.54) is 0 Å². The van der Waals surface area contributed by atoms with Gasteiger partial charge in [-0.05, 0) is 25.0 Å². The van der Waals surface area contributed by atoms with Crippen LogP contribution in [-0.2, 0) is 18.4 Å². The lowest BCUT2D eigenvalue weighted by molar-refractivity contribution is -0.120. The van der Waals surface area contributed by atoms with Gasteiger partial charge in [0.15, 0.2) is 0 Å². The predicted molar refractivity (Wildman–Crippen MR) is 73.6 cm³/mol. The third kappa shape index (κ3) is 2.76. The summed E-state index contributed by atoms with van der Waals surface area (Å²) in [5.41, 5.74) is 2.10. The summed E-state index contributed by atoms with van der Waals surface area (Å²) in [5.74, 6) is 1.02. The Labute approximate surface area is 112 Å². The van der Waals surface area contributed by atoms with E-state index in [-0.39, 0.29) is 5.91 Å². The number of carbonyl (C=O) groups excluding carboxylic acids is 1. The second-order valence-corrected chi connectivity index (χ2v) is 5.02. The molecule has 1 aliphatic rings. The van der Waals surface area contributed by atoms with E-state index < -0.39 is 0 Å². The molecule has 0 unspecified atom stereocenters. The van der Waals surface area contributed by atoms with Gasteiger partial charge in [0.1, 0.15) is 5.82 Å². The fourth-order valence-electron chi connectivity index (χ4n) is 2.15. The number of hydrogen-bond acceptors (Lipinski definition) is 3. The van der Waals surface area contributed by atoms with E-state index in [0.29, 0.717) is 19.1 Å². The van der Waals surface area contributed by atoms with Gasteiger partial charge in [0.25, 0.3) is 0 Å². The number of nitrogens with one attached hydrogen (secondary N) is 2. The van der Waals surface area contributed by atoms with Crippen LogP contribution in [0, 0.1) is 0 Å². The predicted octanol–water partition coefficient (Wildman–Crippen LogP) is 0.942. The van der Waals surface area contributed by atoms with Crippen LogP contribution in [0.3, 0.4) is 0 Å². The van der Waals surface area contributed by atoms with Crippen molar-refractivity contribution in [3.8, 4) is 0 Å². The van der Waals surface area contributed by atoms with E-state index in [2.05, 4.69) is 20.2 Å². The van der Waals surface area contributed by atoms with Gasteiger partial charge in [-0.2, -0.15) is 0 Å². The number of nitrogens with zero attached hydrogens (tertiary/aromatic N) is 2. The summed E-state index contributed by atoms with van der Waals surface area (Å²) in [5, 5.41) is 6.09. The summed E-state index contributed by atoms with van der Waals surface area (Å²) in [7, 11) is 2.00. The van der Waals surface area contributed by atoms with Crippen molar-refractivity contribution in [2.75, 3.05) is 6.54 Å². The second kappa shape index (κ2) is 5.01. The maximum absolute atomic E-state index is 11.5. The molecule has 5 heteroatoms. The molecule has 1 aromatic heterocycles. The number of amides is 1. The first-order chi connectivity index (χ1) is 9.24. The Balaban J connectivity index is 1.58. The molecule has 2 aromatic rings. The van der Waals surface area contributed by atoms with Crippen LogP contribution in [-0.4, -0.2) is 28.0 Å². The standard InChI is InChI=1S/C14H18N4O/c1-18-12-5-3-2-4-11(12)17-13(18)8-15-9-14(19)16-10-6-7-10/h2-5,10,15H,6-9H2,1H3,(H,16,19). The lowest BCUT2D eigenvalue weighted by Gasteiger charge is -2.05. The van der Waals surface area contributed by atoms with Crippen molar-refractivity contribution < 1.29 is 4.79 Å². The quantitative estimate of drug-likeness (QED) is 0.839. The molecule has 100 valence electrons. The van der Waals surface area contributed by atoms with Crippen LogP contribution in [0.2, 0.25) is 0 Å². The highest BCUT2D eigenvalue weighted by molar-refractivity contribution is 5.78. The van der Waals surface area contributed by atoms with E-state index in [0.717, 1.165) is 29.7 Å². The molecule has 1 aliphatic carbocycles. The Morgan fingerprint density at radius 2 is 2.21 bits per heavy atom. The molecule has 0 bridgehead atoms. The van der Waals surface area contributed by atoms with Gasteiger partial charge < -0.3 is 15.2 Å². The number of para-hydroxylation sites is 2. The van der Waals surface area contributed by atoms with Gasteiger partial charge in [0.2, 0.25) is 5.91 Å². The third-order valence-electron chi connectivity index (χ3n) is 3.39. The van der Waals surface area contributed by atoms with Crippen molar-refractivity contribution in [2.45, 2.75) is 25.4 Å². The highest BCUT2D eigenvalue weighted by atomic mass is 16.2. The third-order valence-corrected chi connectivity index (χ3v) is 3.39. The Hall–Kier alpha value is -1.88. The number of rotatable bonds is 5. The van der Waals surface area contributed by atoms with Crippen molar-refractivity contribution in [3.63, 3.8) is 0 Å². The van der Waals surface area contributed by atoms with E-state index in [1.54, 1.807) is 0 Å². The number of benzene rings is 1. The molecule has 1 fully saturated rings. The van der Waals surface area contributed by atoms with Crippen molar-refractivity contribution in [1.82, 2.24) is 20.2 Å². The van der Waals surface area contributed by atoms with Crippen molar-refractivity contribution in [3.05, 3.63) is 30.1 Å². The Morgan fingerprint density at radius 3 is 2.95 bits per heavy atom. The van der Waals surface area contributed by atoms with Crippen LogP contribution in [0.25, 0.3) is 11.0 Å². The molecule has 19 heavy (non-hydrogen) atoms. The van der Waals surface area contributed by atoms with Gasteiger partial charge in [-0.1, -0.05) is 12.1 Å². The molecule has 0 radical (unpaired) electrons. The van der Waals surface area contributed by atoms with Crippen LogP contribution >= 0.6 is 0 Å². The van der Waals surface area contributed by atoms with Gasteiger partial charge in [0.05, 0.1) is 24.1 Å². The average molecular weight is 258 g/mol. The Morgan fingerprint density at radius 1 is 1.42 bits per heavy atom. The normalized spacial score (nSPS) is 14.8. The lowest BCUT2D eigenvalue weighted by atomic mass is 10.3. The molecule has 3 rings (SSSR count). The summed E-state index contributed by atoms with van der Waals surface area (Å²) in [4.78, 5) is 16.1. The maximum atomic E-state index is 11.5. The average Bonchev–Trinajstić information content (AvgIpc) is 3.15. The Bertz CT molecular complexity index is 601. The van der Waals surface area contributed by atoms with Gasteiger partial charge in [-0.3, -0.25) is 4.79 Å². The zero-order valence-electron chi connectivity index (χ0n) is 11.0. The van der Waals surface area contributed by atoms with E-state index in [1.807, 2.05) is 31.3 Å². The largest absolute Gasteiger partial charge is 0.352 e. The van der Waals surface area contributed by atoms with Crippen molar-refractivity contribution >= 4 is 16.9 Å². The van der Waals surface area contributed by atoms with Crippen LogP contribution in [0.4, 0.5) is 0 Å². The van der Waals surface area contributed by atoms with E-state index >= 15 is 0 Å². The van der Waals surface area contributed by atoms with Crippen LogP contribution in [0.1, 0.15) is 18.7 Å². The fourth-order valence-corrected chi connectivity index (χ4v) is 2.15. The molecule has 1 heterocycles. The number of carbonyl (C=O) groups is 1. The molecule has 0 atom stereocenters. The first-order valence-corrected chi connectivity index (χ1v) is 6.64. The minimum Gasteiger partial charge on any atom is -0.352 e. The lowest BCUT2D eigenvalue weighted by Crippen LogP contribution is -2.35. The summed E-state index contributed by atoms with van der Waals surface area (Å²) >= 11 is 0. The summed E-state index contributed by atoms with van der Waals surface area (Å²) < 4.78 is 2.06. The molecule has 0 aliphatic heterocycles. The number of hydrogen-bond donors (Lipinski definition) is 2. The first-order valence-electron chi connectivity index (χ1n) is 6.64. The zero-order chi connectivity index (χ0) is 13.2. The number of imidazole rings is 1. The van der Waals surface area contributed by atoms with E-state index in [9.17, 15) is 4.79 Å². The van der Waals surface area contributed by atoms with Crippen LogP contribution < -0.4 is 10.6 Å².